The number of nitrogens with zero attached hydrogens (tertiary/aromatic N) is 1. The van der Waals surface area contributed by atoms with Crippen molar-refractivity contribution < 1.29 is 14.2 Å². The number of methoxy groups -OCH3 is 1. The van der Waals surface area contributed by atoms with Crippen molar-refractivity contribution in [2.24, 2.45) is 0 Å². The molecule has 0 unspecified atom stereocenters. The summed E-state index contributed by atoms with van der Waals surface area (Å²) in [5.41, 5.74) is 0. The first-order chi connectivity index (χ1) is 8.24. The normalized spacial score (nSPS) is 10.5. The van der Waals surface area contributed by atoms with Crippen LogP contribution in [0, 0.1) is 0 Å². The number of halogens is 2. The number of ether oxygens (including phenoxy) is 3. The van der Waals surface area contributed by atoms with Gasteiger partial charge < -0.3 is 14.2 Å². The van der Waals surface area contributed by atoms with Crippen LogP contribution in [-0.4, -0.2) is 38.5 Å². The first-order valence-corrected chi connectivity index (χ1v) is 6.83. The molecule has 96 valence electrons. The Balaban J connectivity index is 2.14. The second kappa shape index (κ2) is 8.85. The smallest absolute Gasteiger partial charge is 0.228 e. The molecule has 1 aromatic rings. The third-order valence-corrected chi connectivity index (χ3v) is 2.88. The lowest BCUT2D eigenvalue weighted by Crippen LogP contribution is -2.07. The number of rotatable bonds is 8. The Morgan fingerprint density at radius 2 is 2.00 bits per heavy atom. The summed E-state index contributed by atoms with van der Waals surface area (Å²) in [5.74, 6) is 0.602. The Hall–Kier alpha value is -0.170. The van der Waals surface area contributed by atoms with Gasteiger partial charge in [-0.05, 0) is 37.9 Å². The van der Waals surface area contributed by atoms with E-state index < -0.39 is 0 Å². The summed E-state index contributed by atoms with van der Waals surface area (Å²) in [7, 11) is 1.66. The second-order valence-electron chi connectivity index (χ2n) is 3.25. The Labute approximate surface area is 118 Å². The summed E-state index contributed by atoms with van der Waals surface area (Å²) in [6, 6.07) is 1.90. The van der Waals surface area contributed by atoms with Gasteiger partial charge in [-0.1, -0.05) is 0 Å². The first-order valence-electron chi connectivity index (χ1n) is 5.24. The highest BCUT2D eigenvalue weighted by atomic mass is 79.9. The second-order valence-corrected chi connectivity index (χ2v) is 5.02. The maximum atomic E-state index is 5.51. The molecule has 0 amide bonds. The maximum absolute atomic E-state index is 5.51. The number of hydrogen-bond donors (Lipinski definition) is 0. The van der Waals surface area contributed by atoms with Gasteiger partial charge in [0.05, 0.1) is 24.3 Å². The lowest BCUT2D eigenvalue weighted by molar-refractivity contribution is 0.0641. The van der Waals surface area contributed by atoms with Gasteiger partial charge in [-0.25, -0.2) is 4.98 Å². The quantitative estimate of drug-likeness (QED) is 0.661. The average molecular weight is 369 g/mol. The molecule has 0 aliphatic rings. The third kappa shape index (κ3) is 6.35. The minimum absolute atomic E-state index is 0.584. The average Bonchev–Trinajstić information content (AvgIpc) is 2.30. The molecule has 0 saturated carbocycles. The fourth-order valence-corrected chi connectivity index (χ4v) is 2.18. The van der Waals surface area contributed by atoms with Crippen molar-refractivity contribution in [1.29, 1.82) is 0 Å². The van der Waals surface area contributed by atoms with Gasteiger partial charge in [0.2, 0.25) is 5.88 Å². The maximum Gasteiger partial charge on any atom is 0.228 e. The Morgan fingerprint density at radius 1 is 1.18 bits per heavy atom. The van der Waals surface area contributed by atoms with E-state index in [4.69, 9.17) is 14.2 Å². The minimum atomic E-state index is 0.584. The molecule has 0 spiro atoms. The van der Waals surface area contributed by atoms with E-state index in [9.17, 15) is 0 Å². The predicted octanol–water partition coefficient (Wildman–Crippen LogP) is 3.04. The number of hydrogen-bond acceptors (Lipinski definition) is 4. The number of aromatic nitrogens is 1. The molecule has 6 heteroatoms. The molecular weight excluding hydrogens is 354 g/mol. The minimum Gasteiger partial charge on any atom is -0.477 e. The van der Waals surface area contributed by atoms with Gasteiger partial charge in [0.15, 0.2) is 0 Å². The zero-order valence-corrected chi connectivity index (χ0v) is 12.8. The molecule has 1 heterocycles. The summed E-state index contributed by atoms with van der Waals surface area (Å²) in [6.45, 7) is 2.50. The van der Waals surface area contributed by atoms with Crippen LogP contribution in [0.15, 0.2) is 21.2 Å². The summed E-state index contributed by atoms with van der Waals surface area (Å²) in [4.78, 5) is 4.15. The van der Waals surface area contributed by atoms with Gasteiger partial charge in [0.1, 0.15) is 0 Å². The van der Waals surface area contributed by atoms with Gasteiger partial charge >= 0.3 is 0 Å². The van der Waals surface area contributed by atoms with Gasteiger partial charge in [-0.3, -0.25) is 0 Å². The molecule has 0 saturated heterocycles. The molecule has 0 aromatic carbocycles. The van der Waals surface area contributed by atoms with Crippen molar-refractivity contribution in [1.82, 2.24) is 4.98 Å². The molecular formula is C11H15Br2NO3. The van der Waals surface area contributed by atoms with Crippen LogP contribution >= 0.6 is 31.9 Å². The van der Waals surface area contributed by atoms with Crippen molar-refractivity contribution in [2.45, 2.75) is 6.42 Å². The van der Waals surface area contributed by atoms with Gasteiger partial charge in [0.25, 0.3) is 0 Å². The summed E-state index contributed by atoms with van der Waals surface area (Å²) >= 11 is 6.72. The van der Waals surface area contributed by atoms with Gasteiger partial charge in [-0.15, -0.1) is 0 Å². The fourth-order valence-electron chi connectivity index (χ4n) is 1.08. The molecule has 4 nitrogen and oxygen atoms in total. The lowest BCUT2D eigenvalue weighted by Gasteiger charge is -2.07. The molecule has 0 fully saturated rings. The van der Waals surface area contributed by atoms with Gasteiger partial charge in [0, 0.05) is 30.8 Å². The van der Waals surface area contributed by atoms with Crippen LogP contribution in [0.25, 0.3) is 0 Å². The van der Waals surface area contributed by atoms with E-state index in [1.54, 1.807) is 13.3 Å². The van der Waals surface area contributed by atoms with E-state index in [1.807, 2.05) is 6.07 Å². The molecule has 1 rings (SSSR count). The zero-order chi connectivity index (χ0) is 12.5. The summed E-state index contributed by atoms with van der Waals surface area (Å²) < 4.78 is 17.4. The monoisotopic (exact) mass is 367 g/mol. The first kappa shape index (κ1) is 14.9. The van der Waals surface area contributed by atoms with E-state index in [2.05, 4.69) is 36.8 Å². The highest BCUT2D eigenvalue weighted by molar-refractivity contribution is 9.11. The molecule has 0 bridgehead atoms. The standard InChI is InChI=1S/C11H15Br2NO3/c1-15-5-6-16-3-2-4-17-11-10(13)7-9(12)8-14-11/h7-8H,2-6H2,1H3. The van der Waals surface area contributed by atoms with Crippen molar-refractivity contribution in [3.05, 3.63) is 21.2 Å². The Kier molecular flexibility index (Phi) is 7.75. The Bertz CT molecular complexity index is 336. The summed E-state index contributed by atoms with van der Waals surface area (Å²) in [5, 5.41) is 0. The van der Waals surface area contributed by atoms with Gasteiger partial charge in [-0.2, -0.15) is 0 Å². The van der Waals surface area contributed by atoms with Crippen LogP contribution in [0.5, 0.6) is 5.88 Å². The van der Waals surface area contributed by atoms with Crippen molar-refractivity contribution >= 4 is 31.9 Å². The molecule has 1 aromatic heterocycles. The molecule has 0 atom stereocenters. The molecule has 17 heavy (non-hydrogen) atoms. The SMILES string of the molecule is COCCOCCCOc1ncc(Br)cc1Br. The zero-order valence-electron chi connectivity index (χ0n) is 9.62. The van der Waals surface area contributed by atoms with Crippen LogP contribution in [0.1, 0.15) is 6.42 Å². The van der Waals surface area contributed by atoms with Crippen LogP contribution in [0.4, 0.5) is 0 Å². The van der Waals surface area contributed by atoms with E-state index in [0.717, 1.165) is 15.4 Å². The molecule has 0 aliphatic carbocycles. The predicted molar refractivity (Wildman–Crippen MR) is 72.4 cm³/mol. The highest BCUT2D eigenvalue weighted by Gasteiger charge is 2.02. The Morgan fingerprint density at radius 3 is 2.71 bits per heavy atom. The van der Waals surface area contributed by atoms with Crippen molar-refractivity contribution in [3.63, 3.8) is 0 Å². The summed E-state index contributed by atoms with van der Waals surface area (Å²) in [6.07, 6.45) is 2.53. The van der Waals surface area contributed by atoms with Crippen LogP contribution in [0.3, 0.4) is 0 Å². The fraction of sp³-hybridized carbons (Fsp3) is 0.545. The number of pyridine rings is 1. The largest absolute Gasteiger partial charge is 0.477 e. The van der Waals surface area contributed by atoms with Crippen molar-refractivity contribution in [2.75, 3.05) is 33.5 Å². The molecule has 0 N–H and O–H groups in total. The van der Waals surface area contributed by atoms with E-state index in [-0.39, 0.29) is 0 Å². The van der Waals surface area contributed by atoms with E-state index >= 15 is 0 Å². The van der Waals surface area contributed by atoms with E-state index in [0.29, 0.717) is 32.3 Å². The van der Waals surface area contributed by atoms with Crippen molar-refractivity contribution in [3.8, 4) is 5.88 Å². The third-order valence-electron chi connectivity index (χ3n) is 1.88. The lowest BCUT2D eigenvalue weighted by atomic mass is 10.4. The van der Waals surface area contributed by atoms with Crippen LogP contribution in [0.2, 0.25) is 0 Å². The van der Waals surface area contributed by atoms with Crippen LogP contribution < -0.4 is 4.74 Å². The topological polar surface area (TPSA) is 40.6 Å². The van der Waals surface area contributed by atoms with E-state index in [1.165, 1.54) is 0 Å². The van der Waals surface area contributed by atoms with Crippen LogP contribution in [-0.2, 0) is 9.47 Å². The molecule has 0 aliphatic heterocycles. The highest BCUT2D eigenvalue weighted by Crippen LogP contribution is 2.25. The molecule has 0 radical (unpaired) electrons.